The molecule has 0 unspecified atom stereocenters. The van der Waals surface area contributed by atoms with Crippen molar-refractivity contribution in [1.82, 2.24) is 9.97 Å². The van der Waals surface area contributed by atoms with Crippen molar-refractivity contribution in [3.05, 3.63) is 78.0 Å². The Kier molecular flexibility index (Phi) is 5.84. The Morgan fingerprint density at radius 3 is 2.42 bits per heavy atom. The molecule has 3 rings (SSSR count). The minimum atomic E-state index is 0.299. The topological polar surface area (TPSA) is 41.1 Å². The molecule has 0 aliphatic heterocycles. The second kappa shape index (κ2) is 8.48. The summed E-state index contributed by atoms with van der Waals surface area (Å²) in [6.45, 7) is 7.28. The van der Waals surface area contributed by atoms with Crippen molar-refractivity contribution >= 4 is 17.5 Å². The van der Waals surface area contributed by atoms with E-state index in [4.69, 9.17) is 4.98 Å². The molecule has 0 atom stereocenters. The number of nitrogens with one attached hydrogen (secondary N) is 1. The predicted molar refractivity (Wildman–Crippen MR) is 109 cm³/mol. The lowest BCUT2D eigenvalue weighted by molar-refractivity contribution is 0.661. The number of aromatic nitrogens is 2. The van der Waals surface area contributed by atoms with Gasteiger partial charge in [0.05, 0.1) is 0 Å². The van der Waals surface area contributed by atoms with Crippen molar-refractivity contribution in [2.75, 3.05) is 10.2 Å². The molecule has 0 saturated heterocycles. The van der Waals surface area contributed by atoms with E-state index in [1.165, 1.54) is 11.1 Å². The molecule has 2 aromatic carbocycles. The maximum atomic E-state index is 4.76. The third-order valence-electron chi connectivity index (χ3n) is 4.38. The first-order valence-corrected chi connectivity index (χ1v) is 9.16. The monoisotopic (exact) mass is 346 g/mol. The maximum Gasteiger partial charge on any atom is 0.227 e. The van der Waals surface area contributed by atoms with E-state index >= 15 is 0 Å². The Balaban J connectivity index is 1.84. The lowest BCUT2D eigenvalue weighted by Crippen LogP contribution is -2.31. The van der Waals surface area contributed by atoms with Crippen LogP contribution in [-0.4, -0.2) is 16.0 Å². The van der Waals surface area contributed by atoms with E-state index in [1.807, 2.05) is 24.4 Å². The minimum Gasteiger partial charge on any atom is -0.340 e. The maximum absolute atomic E-state index is 4.76. The van der Waals surface area contributed by atoms with Crippen LogP contribution in [0.3, 0.4) is 0 Å². The summed E-state index contributed by atoms with van der Waals surface area (Å²) in [7, 11) is 0. The van der Waals surface area contributed by atoms with Crippen LogP contribution < -0.4 is 10.2 Å². The molecule has 0 aliphatic rings. The van der Waals surface area contributed by atoms with Crippen LogP contribution in [0.2, 0.25) is 0 Å². The van der Waals surface area contributed by atoms with E-state index < -0.39 is 0 Å². The quantitative estimate of drug-likeness (QED) is 0.638. The summed E-state index contributed by atoms with van der Waals surface area (Å²) in [5, 5.41) is 3.44. The molecule has 4 heteroatoms. The smallest absolute Gasteiger partial charge is 0.227 e. The van der Waals surface area contributed by atoms with Crippen molar-refractivity contribution in [2.45, 2.75) is 39.8 Å². The zero-order valence-electron chi connectivity index (χ0n) is 15.7. The van der Waals surface area contributed by atoms with Crippen molar-refractivity contribution in [1.29, 1.82) is 0 Å². The van der Waals surface area contributed by atoms with Crippen LogP contribution >= 0.6 is 0 Å². The first-order chi connectivity index (χ1) is 12.7. The number of anilines is 3. The van der Waals surface area contributed by atoms with Gasteiger partial charge in [0.15, 0.2) is 0 Å². The van der Waals surface area contributed by atoms with Gasteiger partial charge in [0.2, 0.25) is 5.95 Å². The fourth-order valence-electron chi connectivity index (χ4n) is 2.91. The zero-order valence-corrected chi connectivity index (χ0v) is 15.7. The molecule has 0 spiro atoms. The summed E-state index contributed by atoms with van der Waals surface area (Å²) in [5.74, 6) is 1.55. The van der Waals surface area contributed by atoms with E-state index in [2.05, 4.69) is 78.4 Å². The summed E-state index contributed by atoms with van der Waals surface area (Å²) in [5.41, 5.74) is 3.62. The summed E-state index contributed by atoms with van der Waals surface area (Å²) >= 11 is 0. The predicted octanol–water partition coefficient (Wildman–Crippen LogP) is 5.20. The summed E-state index contributed by atoms with van der Waals surface area (Å²) < 4.78 is 0. The van der Waals surface area contributed by atoms with Crippen LogP contribution in [0.25, 0.3) is 0 Å². The molecule has 1 heterocycles. The van der Waals surface area contributed by atoms with Crippen LogP contribution in [0.1, 0.15) is 31.9 Å². The van der Waals surface area contributed by atoms with Crippen molar-refractivity contribution in [2.24, 2.45) is 0 Å². The molecule has 0 bridgehead atoms. The van der Waals surface area contributed by atoms with Crippen LogP contribution in [0.5, 0.6) is 0 Å². The van der Waals surface area contributed by atoms with Gasteiger partial charge in [-0.3, -0.25) is 0 Å². The second-order valence-electron chi connectivity index (χ2n) is 6.58. The molecular weight excluding hydrogens is 320 g/mol. The van der Waals surface area contributed by atoms with Crippen LogP contribution in [0.4, 0.5) is 17.5 Å². The second-order valence-corrected chi connectivity index (χ2v) is 6.58. The van der Waals surface area contributed by atoms with Gasteiger partial charge >= 0.3 is 0 Å². The molecule has 134 valence electrons. The standard InChI is InChI=1S/C22H26N4/c1-4-19-12-8-9-13-20(19)24-21-14-15-23-22(25-21)26(17(2)3)16-18-10-6-5-7-11-18/h5-15,17H,4,16H2,1-3H3,(H,23,24,25). The summed E-state index contributed by atoms with van der Waals surface area (Å²) in [4.78, 5) is 11.5. The van der Waals surface area contributed by atoms with Crippen molar-refractivity contribution in [3.63, 3.8) is 0 Å². The van der Waals surface area contributed by atoms with Gasteiger partial charge < -0.3 is 10.2 Å². The van der Waals surface area contributed by atoms with Crippen LogP contribution in [0.15, 0.2) is 66.9 Å². The van der Waals surface area contributed by atoms with Gasteiger partial charge in [-0.15, -0.1) is 0 Å². The Morgan fingerprint density at radius 2 is 1.69 bits per heavy atom. The van der Waals surface area contributed by atoms with Gasteiger partial charge in [0, 0.05) is 24.5 Å². The SMILES string of the molecule is CCc1ccccc1Nc1ccnc(N(Cc2ccccc2)C(C)C)n1. The molecule has 26 heavy (non-hydrogen) atoms. The highest BCUT2D eigenvalue weighted by Gasteiger charge is 2.15. The highest BCUT2D eigenvalue weighted by atomic mass is 15.3. The highest BCUT2D eigenvalue weighted by molar-refractivity contribution is 5.61. The zero-order chi connectivity index (χ0) is 18.4. The molecular formula is C22H26N4. The Bertz CT molecular complexity index is 830. The normalized spacial score (nSPS) is 10.8. The molecule has 0 fully saturated rings. The van der Waals surface area contributed by atoms with Gasteiger partial charge in [-0.05, 0) is 43.5 Å². The molecule has 4 nitrogen and oxygen atoms in total. The average Bonchev–Trinajstić information content (AvgIpc) is 2.67. The number of hydrogen-bond donors (Lipinski definition) is 1. The average molecular weight is 346 g/mol. The van der Waals surface area contributed by atoms with Gasteiger partial charge in [-0.1, -0.05) is 55.5 Å². The van der Waals surface area contributed by atoms with E-state index in [0.717, 1.165) is 30.4 Å². The van der Waals surface area contributed by atoms with E-state index in [-0.39, 0.29) is 0 Å². The Hall–Kier alpha value is -2.88. The summed E-state index contributed by atoms with van der Waals surface area (Å²) in [6, 6.07) is 21.0. The van der Waals surface area contributed by atoms with Crippen molar-refractivity contribution < 1.29 is 0 Å². The molecule has 0 aliphatic carbocycles. The lowest BCUT2D eigenvalue weighted by atomic mass is 10.1. The van der Waals surface area contributed by atoms with E-state index in [9.17, 15) is 0 Å². The number of aryl methyl sites for hydroxylation is 1. The largest absolute Gasteiger partial charge is 0.340 e. The molecule has 0 amide bonds. The van der Waals surface area contributed by atoms with Gasteiger partial charge in [0.1, 0.15) is 5.82 Å². The van der Waals surface area contributed by atoms with E-state index in [0.29, 0.717) is 6.04 Å². The summed E-state index contributed by atoms with van der Waals surface area (Å²) in [6.07, 6.45) is 2.80. The Morgan fingerprint density at radius 1 is 0.962 bits per heavy atom. The molecule has 3 aromatic rings. The fourth-order valence-corrected chi connectivity index (χ4v) is 2.91. The molecule has 0 radical (unpaired) electrons. The van der Waals surface area contributed by atoms with Gasteiger partial charge in [-0.25, -0.2) is 4.98 Å². The number of benzene rings is 2. The number of para-hydroxylation sites is 1. The third-order valence-corrected chi connectivity index (χ3v) is 4.38. The third kappa shape index (κ3) is 4.39. The molecule has 0 saturated carbocycles. The number of hydrogen-bond acceptors (Lipinski definition) is 4. The molecule has 1 aromatic heterocycles. The lowest BCUT2D eigenvalue weighted by Gasteiger charge is -2.27. The van der Waals surface area contributed by atoms with Crippen LogP contribution in [0, 0.1) is 0 Å². The first kappa shape index (κ1) is 17.9. The number of nitrogens with zero attached hydrogens (tertiary/aromatic N) is 3. The van der Waals surface area contributed by atoms with Crippen molar-refractivity contribution in [3.8, 4) is 0 Å². The Labute approximate surface area is 155 Å². The molecule has 1 N–H and O–H groups in total. The van der Waals surface area contributed by atoms with Gasteiger partial charge in [-0.2, -0.15) is 4.98 Å². The minimum absolute atomic E-state index is 0.299. The number of rotatable bonds is 7. The first-order valence-electron chi connectivity index (χ1n) is 9.16. The van der Waals surface area contributed by atoms with Gasteiger partial charge in [0.25, 0.3) is 0 Å². The van der Waals surface area contributed by atoms with E-state index in [1.54, 1.807) is 0 Å². The fraction of sp³-hybridized carbons (Fsp3) is 0.273. The van der Waals surface area contributed by atoms with Crippen LogP contribution in [-0.2, 0) is 13.0 Å². The highest BCUT2D eigenvalue weighted by Crippen LogP contribution is 2.22.